The average Bonchev–Trinajstić information content (AvgIpc) is 2.73. The molecule has 0 unspecified atom stereocenters. The molecule has 0 saturated heterocycles. The zero-order valence-electron chi connectivity index (χ0n) is 9.05. The molecule has 2 heterocycles. The molecule has 0 N–H and O–H groups in total. The third-order valence-corrected chi connectivity index (χ3v) is 3.13. The summed E-state index contributed by atoms with van der Waals surface area (Å²) in [5.74, 6) is 0.957. The first-order chi connectivity index (χ1) is 8.33. The molecule has 0 aliphatic carbocycles. The number of benzene rings is 1. The number of fused-ring (bicyclic) bond motifs is 1. The highest BCUT2D eigenvalue weighted by atomic mass is 79.9. The Morgan fingerprint density at radius 3 is 2.88 bits per heavy atom. The van der Waals surface area contributed by atoms with E-state index in [9.17, 15) is 0 Å². The first kappa shape index (κ1) is 10.5. The van der Waals surface area contributed by atoms with Gasteiger partial charge in [0, 0.05) is 17.1 Å². The molecule has 3 nitrogen and oxygen atoms in total. The monoisotopic (exact) mass is 287 g/mol. The van der Waals surface area contributed by atoms with E-state index in [1.807, 2.05) is 40.9 Å². The molecule has 3 aromatic rings. The lowest BCUT2D eigenvalue weighted by Crippen LogP contribution is -1.95. The molecule has 1 aromatic carbocycles. The molecule has 17 heavy (non-hydrogen) atoms. The highest BCUT2D eigenvalue weighted by Crippen LogP contribution is 2.15. The zero-order valence-corrected chi connectivity index (χ0v) is 10.6. The van der Waals surface area contributed by atoms with Crippen molar-refractivity contribution in [3.05, 3.63) is 64.5 Å². The van der Waals surface area contributed by atoms with Crippen molar-refractivity contribution < 1.29 is 0 Å². The van der Waals surface area contributed by atoms with Crippen molar-refractivity contribution in [3.63, 3.8) is 0 Å². The van der Waals surface area contributed by atoms with Crippen molar-refractivity contribution in [2.75, 3.05) is 0 Å². The molecule has 0 radical (unpaired) electrons. The van der Waals surface area contributed by atoms with Crippen LogP contribution in [0.25, 0.3) is 5.65 Å². The van der Waals surface area contributed by atoms with Crippen molar-refractivity contribution in [3.8, 4) is 0 Å². The highest BCUT2D eigenvalue weighted by Gasteiger charge is 2.05. The molecule has 0 fully saturated rings. The van der Waals surface area contributed by atoms with E-state index in [1.165, 1.54) is 5.56 Å². The topological polar surface area (TPSA) is 30.2 Å². The average molecular weight is 288 g/mol. The third kappa shape index (κ3) is 2.08. The fraction of sp³-hybridized carbons (Fsp3) is 0.0769. The quantitative estimate of drug-likeness (QED) is 0.725. The van der Waals surface area contributed by atoms with Crippen LogP contribution in [0.2, 0.25) is 0 Å². The van der Waals surface area contributed by atoms with Gasteiger partial charge in [-0.3, -0.25) is 4.40 Å². The Hall–Kier alpha value is -1.68. The van der Waals surface area contributed by atoms with Crippen LogP contribution >= 0.6 is 15.9 Å². The van der Waals surface area contributed by atoms with Crippen molar-refractivity contribution in [2.45, 2.75) is 6.42 Å². The minimum Gasteiger partial charge on any atom is -0.286 e. The number of rotatable bonds is 2. The van der Waals surface area contributed by atoms with E-state index in [1.54, 1.807) is 0 Å². The van der Waals surface area contributed by atoms with Crippen LogP contribution in [0.1, 0.15) is 11.4 Å². The second kappa shape index (κ2) is 4.30. The van der Waals surface area contributed by atoms with E-state index in [0.717, 1.165) is 22.4 Å². The normalized spacial score (nSPS) is 10.9. The van der Waals surface area contributed by atoms with E-state index >= 15 is 0 Å². The molecule has 0 saturated carbocycles. The second-order valence-corrected chi connectivity index (χ2v) is 4.77. The van der Waals surface area contributed by atoms with Crippen LogP contribution in [0, 0.1) is 0 Å². The molecule has 2 aromatic heterocycles. The van der Waals surface area contributed by atoms with Gasteiger partial charge in [0.2, 0.25) is 0 Å². The maximum absolute atomic E-state index is 4.22. The molecule has 0 aliphatic heterocycles. The largest absolute Gasteiger partial charge is 0.286 e. The summed E-state index contributed by atoms with van der Waals surface area (Å²) < 4.78 is 3.10. The third-order valence-electron chi connectivity index (χ3n) is 2.64. The summed E-state index contributed by atoms with van der Waals surface area (Å²) in [6.07, 6.45) is 2.77. The van der Waals surface area contributed by atoms with Gasteiger partial charge in [-0.15, -0.1) is 10.2 Å². The van der Waals surface area contributed by atoms with Gasteiger partial charge in [-0.05, 0) is 29.8 Å². The smallest absolute Gasteiger partial charge is 0.160 e. The lowest BCUT2D eigenvalue weighted by molar-refractivity contribution is 0.934. The van der Waals surface area contributed by atoms with E-state index in [-0.39, 0.29) is 0 Å². The van der Waals surface area contributed by atoms with Crippen LogP contribution in [0.15, 0.2) is 53.1 Å². The van der Waals surface area contributed by atoms with Crippen LogP contribution in [0.5, 0.6) is 0 Å². The summed E-state index contributed by atoms with van der Waals surface area (Å²) in [5, 5.41) is 8.36. The van der Waals surface area contributed by atoms with Gasteiger partial charge in [-0.25, -0.2) is 0 Å². The Morgan fingerprint density at radius 1 is 1.06 bits per heavy atom. The number of hydrogen-bond acceptors (Lipinski definition) is 2. The molecule has 0 aliphatic rings. The summed E-state index contributed by atoms with van der Waals surface area (Å²) >= 11 is 3.47. The Balaban J connectivity index is 2.00. The maximum Gasteiger partial charge on any atom is 0.160 e. The Kier molecular flexibility index (Phi) is 2.65. The van der Waals surface area contributed by atoms with Gasteiger partial charge in [0.15, 0.2) is 5.65 Å². The van der Waals surface area contributed by atoms with Gasteiger partial charge in [0.05, 0.1) is 0 Å². The fourth-order valence-electron chi connectivity index (χ4n) is 1.84. The van der Waals surface area contributed by atoms with E-state index in [2.05, 4.69) is 38.3 Å². The van der Waals surface area contributed by atoms with Crippen LogP contribution in [0.4, 0.5) is 0 Å². The van der Waals surface area contributed by atoms with Crippen molar-refractivity contribution in [2.24, 2.45) is 0 Å². The molecule has 0 atom stereocenters. The molecule has 0 bridgehead atoms. The zero-order chi connectivity index (χ0) is 11.7. The number of pyridine rings is 1. The summed E-state index contributed by atoms with van der Waals surface area (Å²) in [5.41, 5.74) is 2.11. The predicted molar refractivity (Wildman–Crippen MR) is 69.9 cm³/mol. The van der Waals surface area contributed by atoms with Crippen LogP contribution in [0.3, 0.4) is 0 Å². The number of aromatic nitrogens is 3. The molecule has 0 spiro atoms. The first-order valence-electron chi connectivity index (χ1n) is 5.36. The van der Waals surface area contributed by atoms with Crippen molar-refractivity contribution in [1.82, 2.24) is 14.6 Å². The van der Waals surface area contributed by atoms with E-state index in [4.69, 9.17) is 0 Å². The maximum atomic E-state index is 4.22. The SMILES string of the molecule is Brc1cccc(Cc2nnc3ccccn23)c1. The lowest BCUT2D eigenvalue weighted by Gasteiger charge is -2.00. The predicted octanol–water partition coefficient (Wildman–Crippen LogP) is 3.08. The molecular weight excluding hydrogens is 278 g/mol. The molecule has 3 rings (SSSR count). The minimum absolute atomic E-state index is 0.782. The molecule has 4 heteroatoms. The second-order valence-electron chi connectivity index (χ2n) is 3.85. The molecule has 84 valence electrons. The Morgan fingerprint density at radius 2 is 2.00 bits per heavy atom. The molecule has 0 amide bonds. The highest BCUT2D eigenvalue weighted by molar-refractivity contribution is 9.10. The van der Waals surface area contributed by atoms with Crippen molar-refractivity contribution >= 4 is 21.6 Å². The van der Waals surface area contributed by atoms with Gasteiger partial charge >= 0.3 is 0 Å². The van der Waals surface area contributed by atoms with Gasteiger partial charge in [-0.1, -0.05) is 34.1 Å². The van der Waals surface area contributed by atoms with Gasteiger partial charge in [0.25, 0.3) is 0 Å². The van der Waals surface area contributed by atoms with Gasteiger partial charge in [-0.2, -0.15) is 0 Å². The van der Waals surface area contributed by atoms with Gasteiger partial charge in [0.1, 0.15) is 5.82 Å². The lowest BCUT2D eigenvalue weighted by atomic mass is 10.1. The van der Waals surface area contributed by atoms with E-state index < -0.39 is 0 Å². The van der Waals surface area contributed by atoms with E-state index in [0.29, 0.717) is 0 Å². The van der Waals surface area contributed by atoms with Crippen LogP contribution < -0.4 is 0 Å². The number of nitrogens with zero attached hydrogens (tertiary/aromatic N) is 3. The minimum atomic E-state index is 0.782. The van der Waals surface area contributed by atoms with Crippen LogP contribution in [-0.2, 0) is 6.42 Å². The molecular formula is C13H10BrN3. The Labute approximate surface area is 107 Å². The first-order valence-corrected chi connectivity index (χ1v) is 6.15. The summed E-state index contributed by atoms with van der Waals surface area (Å²) in [6, 6.07) is 14.2. The number of hydrogen-bond donors (Lipinski definition) is 0. The summed E-state index contributed by atoms with van der Waals surface area (Å²) in [7, 11) is 0. The Bertz CT molecular complexity index is 660. The number of halogens is 1. The summed E-state index contributed by atoms with van der Waals surface area (Å²) in [4.78, 5) is 0. The fourth-order valence-corrected chi connectivity index (χ4v) is 2.29. The van der Waals surface area contributed by atoms with Crippen molar-refractivity contribution in [1.29, 1.82) is 0 Å². The van der Waals surface area contributed by atoms with Gasteiger partial charge < -0.3 is 0 Å². The van der Waals surface area contributed by atoms with Crippen LogP contribution in [-0.4, -0.2) is 14.6 Å². The standard InChI is InChI=1S/C13H10BrN3/c14-11-5-3-4-10(8-11)9-13-16-15-12-6-1-2-7-17(12)13/h1-8H,9H2. The summed E-state index contributed by atoms with van der Waals surface area (Å²) in [6.45, 7) is 0.